The first-order chi connectivity index (χ1) is 16.1. The monoisotopic (exact) mass is 446 g/mol. The number of amides is 1. The van der Waals surface area contributed by atoms with E-state index in [0.717, 1.165) is 24.3 Å². The molecule has 0 aliphatic carbocycles. The molecule has 0 bridgehead atoms. The predicted molar refractivity (Wildman–Crippen MR) is 122 cm³/mol. The van der Waals surface area contributed by atoms with Gasteiger partial charge in [-0.3, -0.25) is 9.69 Å². The fourth-order valence-corrected chi connectivity index (χ4v) is 4.17. The van der Waals surface area contributed by atoms with Gasteiger partial charge in [0.25, 0.3) is 0 Å². The van der Waals surface area contributed by atoms with Crippen molar-refractivity contribution in [3.8, 4) is 11.5 Å². The van der Waals surface area contributed by atoms with Crippen molar-refractivity contribution in [2.75, 3.05) is 26.2 Å². The van der Waals surface area contributed by atoms with E-state index in [1.165, 1.54) is 40.6 Å². The molecule has 0 spiro atoms. The molecule has 0 atom stereocenters. The van der Waals surface area contributed by atoms with Crippen molar-refractivity contribution in [3.05, 3.63) is 88.7 Å². The van der Waals surface area contributed by atoms with E-state index in [0.29, 0.717) is 18.7 Å². The molecule has 0 saturated carbocycles. The van der Waals surface area contributed by atoms with Gasteiger partial charge in [0.05, 0.1) is 0 Å². The molecule has 0 radical (unpaired) electrons. The standard InChI is InChI=1S/C25H23FN4O3/c26-21-10-8-19(9-11-21)24-27-30(25(32)33-24)17-23(31)29-14-12-28(13-15-29)16-20-6-3-5-18-4-1-2-7-22(18)20/h1-11H,12-17H2. The molecule has 7 nitrogen and oxygen atoms in total. The Bertz CT molecular complexity index is 1330. The van der Waals surface area contributed by atoms with E-state index in [4.69, 9.17) is 4.42 Å². The summed E-state index contributed by atoms with van der Waals surface area (Å²) in [5, 5.41) is 6.58. The Balaban J connectivity index is 1.20. The van der Waals surface area contributed by atoms with Crippen molar-refractivity contribution in [1.82, 2.24) is 19.6 Å². The molecule has 168 valence electrons. The van der Waals surface area contributed by atoms with Crippen LogP contribution in [0.5, 0.6) is 0 Å². The van der Waals surface area contributed by atoms with Crippen molar-refractivity contribution >= 4 is 16.7 Å². The summed E-state index contributed by atoms with van der Waals surface area (Å²) in [7, 11) is 0. The quantitative estimate of drug-likeness (QED) is 0.471. The van der Waals surface area contributed by atoms with Crippen molar-refractivity contribution in [2.45, 2.75) is 13.1 Å². The molecule has 33 heavy (non-hydrogen) atoms. The molecule has 1 aromatic heterocycles. The Morgan fingerprint density at radius 1 is 0.939 bits per heavy atom. The molecule has 0 unspecified atom stereocenters. The molecule has 8 heteroatoms. The van der Waals surface area contributed by atoms with E-state index in [9.17, 15) is 14.0 Å². The minimum Gasteiger partial charge on any atom is -0.388 e. The fourth-order valence-electron chi connectivity index (χ4n) is 4.17. The summed E-state index contributed by atoms with van der Waals surface area (Å²) >= 11 is 0. The highest BCUT2D eigenvalue weighted by molar-refractivity contribution is 5.85. The normalized spacial score (nSPS) is 14.6. The summed E-state index contributed by atoms with van der Waals surface area (Å²) in [6, 6.07) is 20.2. The summed E-state index contributed by atoms with van der Waals surface area (Å²) in [4.78, 5) is 29.0. The predicted octanol–water partition coefficient (Wildman–Crippen LogP) is 3.14. The second-order valence-electron chi connectivity index (χ2n) is 8.13. The van der Waals surface area contributed by atoms with Gasteiger partial charge in [-0.05, 0) is 40.6 Å². The van der Waals surface area contributed by atoms with E-state index < -0.39 is 11.6 Å². The summed E-state index contributed by atoms with van der Waals surface area (Å²) in [5.74, 6) is -1.22. The van der Waals surface area contributed by atoms with Crippen LogP contribution in [0.15, 0.2) is 75.9 Å². The molecular formula is C25H23FN4O3. The van der Waals surface area contributed by atoms with Gasteiger partial charge in [0.2, 0.25) is 11.8 Å². The van der Waals surface area contributed by atoms with Crippen LogP contribution in [0.4, 0.5) is 4.39 Å². The van der Waals surface area contributed by atoms with E-state index >= 15 is 0 Å². The lowest BCUT2D eigenvalue weighted by Crippen LogP contribution is -2.49. The van der Waals surface area contributed by atoms with Crippen molar-refractivity contribution < 1.29 is 13.6 Å². The van der Waals surface area contributed by atoms with Gasteiger partial charge in [-0.25, -0.2) is 9.18 Å². The molecule has 1 fully saturated rings. The lowest BCUT2D eigenvalue weighted by Gasteiger charge is -2.34. The Kier molecular flexibility index (Phi) is 5.75. The number of carbonyl (C=O) groups is 1. The third-order valence-electron chi connectivity index (χ3n) is 5.98. The summed E-state index contributed by atoms with van der Waals surface area (Å²) in [6.45, 7) is 3.31. The van der Waals surface area contributed by atoms with Crippen LogP contribution in [-0.2, 0) is 17.9 Å². The van der Waals surface area contributed by atoms with Crippen molar-refractivity contribution in [1.29, 1.82) is 0 Å². The SMILES string of the molecule is O=C(Cn1nc(-c2ccc(F)cc2)oc1=O)N1CCN(Cc2cccc3ccccc23)CC1. The van der Waals surface area contributed by atoms with Gasteiger partial charge >= 0.3 is 5.76 Å². The summed E-state index contributed by atoms with van der Waals surface area (Å²) < 4.78 is 19.3. The van der Waals surface area contributed by atoms with Gasteiger partial charge in [0.15, 0.2) is 0 Å². The molecule has 1 amide bonds. The van der Waals surface area contributed by atoms with Gasteiger partial charge in [-0.15, -0.1) is 5.10 Å². The van der Waals surface area contributed by atoms with Crippen LogP contribution < -0.4 is 5.76 Å². The van der Waals surface area contributed by atoms with Crippen LogP contribution in [0.2, 0.25) is 0 Å². The molecular weight excluding hydrogens is 423 g/mol. The molecule has 1 aliphatic rings. The van der Waals surface area contributed by atoms with Crippen LogP contribution in [-0.4, -0.2) is 51.7 Å². The van der Waals surface area contributed by atoms with Gasteiger partial charge in [0.1, 0.15) is 12.4 Å². The zero-order valence-electron chi connectivity index (χ0n) is 18.0. The molecule has 3 aromatic carbocycles. The smallest absolute Gasteiger partial charge is 0.388 e. The highest BCUT2D eigenvalue weighted by atomic mass is 19.1. The zero-order valence-corrected chi connectivity index (χ0v) is 18.0. The van der Waals surface area contributed by atoms with Crippen LogP contribution >= 0.6 is 0 Å². The Morgan fingerprint density at radius 3 is 2.45 bits per heavy atom. The third kappa shape index (κ3) is 4.56. The van der Waals surface area contributed by atoms with Crippen molar-refractivity contribution in [2.24, 2.45) is 0 Å². The maximum atomic E-state index is 13.1. The van der Waals surface area contributed by atoms with Crippen LogP contribution in [0, 0.1) is 5.82 Å². The molecule has 4 aromatic rings. The van der Waals surface area contributed by atoms with Crippen molar-refractivity contribution in [3.63, 3.8) is 0 Å². The maximum Gasteiger partial charge on any atom is 0.437 e. The first-order valence-corrected chi connectivity index (χ1v) is 10.9. The number of aromatic nitrogens is 2. The average molecular weight is 446 g/mol. The first-order valence-electron chi connectivity index (χ1n) is 10.9. The number of carbonyl (C=O) groups excluding carboxylic acids is 1. The minimum absolute atomic E-state index is 0.0627. The van der Waals surface area contributed by atoms with E-state index in [-0.39, 0.29) is 18.3 Å². The Hall–Kier alpha value is -3.78. The minimum atomic E-state index is -0.711. The Morgan fingerprint density at radius 2 is 1.67 bits per heavy atom. The average Bonchev–Trinajstić information content (AvgIpc) is 3.20. The number of hydrogen-bond acceptors (Lipinski definition) is 5. The van der Waals surface area contributed by atoms with Crippen LogP contribution in [0.3, 0.4) is 0 Å². The number of nitrogens with zero attached hydrogens (tertiary/aromatic N) is 4. The fraction of sp³-hybridized carbons (Fsp3) is 0.240. The summed E-state index contributed by atoms with van der Waals surface area (Å²) in [6.07, 6.45) is 0. The number of benzene rings is 3. The van der Waals surface area contributed by atoms with E-state index in [1.54, 1.807) is 4.90 Å². The molecule has 5 rings (SSSR count). The Labute approximate surface area is 189 Å². The van der Waals surface area contributed by atoms with Crippen LogP contribution in [0.25, 0.3) is 22.2 Å². The number of rotatable bonds is 5. The molecule has 1 aliphatic heterocycles. The number of fused-ring (bicyclic) bond motifs is 1. The lowest BCUT2D eigenvalue weighted by molar-refractivity contribution is -0.134. The highest BCUT2D eigenvalue weighted by Gasteiger charge is 2.23. The third-order valence-corrected chi connectivity index (χ3v) is 5.98. The summed E-state index contributed by atoms with van der Waals surface area (Å²) in [5.41, 5.74) is 1.75. The van der Waals surface area contributed by atoms with Crippen LogP contribution in [0.1, 0.15) is 5.56 Å². The van der Waals surface area contributed by atoms with E-state index in [2.05, 4.69) is 46.4 Å². The second-order valence-corrected chi connectivity index (χ2v) is 8.13. The number of hydrogen-bond donors (Lipinski definition) is 0. The molecule has 2 heterocycles. The first kappa shape index (κ1) is 21.1. The second kappa shape index (κ2) is 8.99. The van der Waals surface area contributed by atoms with Gasteiger partial charge in [-0.1, -0.05) is 42.5 Å². The molecule has 0 N–H and O–H groups in total. The van der Waals surface area contributed by atoms with Gasteiger partial charge in [-0.2, -0.15) is 4.68 Å². The molecule has 1 saturated heterocycles. The largest absolute Gasteiger partial charge is 0.437 e. The lowest BCUT2D eigenvalue weighted by atomic mass is 10.0. The number of piperazine rings is 1. The van der Waals surface area contributed by atoms with E-state index in [1.807, 2.05) is 6.07 Å². The maximum absolute atomic E-state index is 13.1. The van der Waals surface area contributed by atoms with Gasteiger partial charge in [0, 0.05) is 38.3 Å². The number of halogens is 1. The zero-order chi connectivity index (χ0) is 22.8. The highest BCUT2D eigenvalue weighted by Crippen LogP contribution is 2.21. The topological polar surface area (TPSA) is 71.6 Å². The van der Waals surface area contributed by atoms with Gasteiger partial charge < -0.3 is 9.32 Å².